The van der Waals surface area contributed by atoms with Crippen LogP contribution in [0.3, 0.4) is 0 Å². The molecule has 4 nitrogen and oxygen atoms in total. The number of hydrogen-bond donors (Lipinski definition) is 1. The minimum atomic E-state index is 0.446. The molecule has 21 heavy (non-hydrogen) atoms. The number of benzene rings is 1. The molecular formula is C16H21N3OS. The zero-order chi connectivity index (χ0) is 14.8. The van der Waals surface area contributed by atoms with E-state index in [4.69, 9.17) is 17.0 Å². The van der Waals surface area contributed by atoms with Crippen LogP contribution >= 0.6 is 12.2 Å². The molecule has 3 rings (SSSR count). The molecule has 1 aromatic heterocycles. The Morgan fingerprint density at radius 3 is 2.62 bits per heavy atom. The highest BCUT2D eigenvalue weighted by molar-refractivity contribution is 7.71. The van der Waals surface area contributed by atoms with Gasteiger partial charge < -0.3 is 4.74 Å². The van der Waals surface area contributed by atoms with Crippen molar-refractivity contribution in [3.8, 4) is 17.1 Å². The molecule has 1 aliphatic rings. The molecule has 0 saturated heterocycles. The van der Waals surface area contributed by atoms with E-state index in [0.29, 0.717) is 12.0 Å². The second-order valence-electron chi connectivity index (χ2n) is 5.78. The summed E-state index contributed by atoms with van der Waals surface area (Å²) in [6, 6.07) is 8.44. The molecule has 0 aliphatic heterocycles. The number of H-pyrrole nitrogens is 1. The van der Waals surface area contributed by atoms with Gasteiger partial charge >= 0.3 is 0 Å². The quantitative estimate of drug-likeness (QED) is 0.856. The SMILES string of the molecule is COc1ccc(-c2n[nH]c(=S)n2[C@@H]2CCCC[C@@H]2C)cc1. The van der Waals surface area contributed by atoms with E-state index >= 15 is 0 Å². The Kier molecular flexibility index (Phi) is 4.10. The van der Waals surface area contributed by atoms with Crippen molar-refractivity contribution in [2.75, 3.05) is 7.11 Å². The lowest BCUT2D eigenvalue weighted by Crippen LogP contribution is -2.22. The Labute approximate surface area is 130 Å². The molecule has 1 saturated carbocycles. The van der Waals surface area contributed by atoms with Gasteiger partial charge in [-0.1, -0.05) is 19.8 Å². The molecule has 1 N–H and O–H groups in total. The number of aromatic amines is 1. The molecule has 0 spiro atoms. The molecular weight excluding hydrogens is 282 g/mol. The van der Waals surface area contributed by atoms with Gasteiger partial charge in [-0.05, 0) is 55.2 Å². The van der Waals surface area contributed by atoms with Gasteiger partial charge in [-0.3, -0.25) is 9.67 Å². The topological polar surface area (TPSA) is 42.8 Å². The van der Waals surface area contributed by atoms with Crippen LogP contribution in [0.1, 0.15) is 38.6 Å². The van der Waals surface area contributed by atoms with Crippen molar-refractivity contribution in [1.82, 2.24) is 14.8 Å². The zero-order valence-electron chi connectivity index (χ0n) is 12.5. The predicted octanol–water partition coefficient (Wildman–Crippen LogP) is 4.37. The molecule has 0 unspecified atom stereocenters. The summed E-state index contributed by atoms with van der Waals surface area (Å²) >= 11 is 5.48. The first-order chi connectivity index (χ1) is 10.2. The molecule has 1 aliphatic carbocycles. The van der Waals surface area contributed by atoms with Crippen LogP contribution in [0.4, 0.5) is 0 Å². The summed E-state index contributed by atoms with van der Waals surface area (Å²) in [4.78, 5) is 0. The van der Waals surface area contributed by atoms with Crippen molar-refractivity contribution in [3.63, 3.8) is 0 Å². The van der Waals surface area contributed by atoms with Gasteiger partial charge in [0.2, 0.25) is 0 Å². The summed E-state index contributed by atoms with van der Waals surface area (Å²) < 4.78 is 8.15. The fraction of sp³-hybridized carbons (Fsp3) is 0.500. The van der Waals surface area contributed by atoms with Gasteiger partial charge in [0.05, 0.1) is 7.11 Å². The largest absolute Gasteiger partial charge is 0.497 e. The van der Waals surface area contributed by atoms with Crippen molar-refractivity contribution in [1.29, 1.82) is 0 Å². The molecule has 0 radical (unpaired) electrons. The van der Waals surface area contributed by atoms with E-state index in [1.165, 1.54) is 25.7 Å². The van der Waals surface area contributed by atoms with Gasteiger partial charge in [0, 0.05) is 11.6 Å². The van der Waals surface area contributed by atoms with Crippen LogP contribution in [-0.2, 0) is 0 Å². The number of rotatable bonds is 3. The highest BCUT2D eigenvalue weighted by Crippen LogP contribution is 2.36. The van der Waals surface area contributed by atoms with E-state index in [1.807, 2.05) is 24.3 Å². The van der Waals surface area contributed by atoms with Gasteiger partial charge in [0.1, 0.15) is 5.75 Å². The first kappa shape index (κ1) is 14.3. The third-order valence-corrected chi connectivity index (χ3v) is 4.74. The van der Waals surface area contributed by atoms with Gasteiger partial charge in [0.15, 0.2) is 10.6 Å². The normalized spacial score (nSPS) is 22.2. The first-order valence-corrected chi connectivity index (χ1v) is 7.93. The molecule has 112 valence electrons. The molecule has 0 amide bonds. The van der Waals surface area contributed by atoms with E-state index in [2.05, 4.69) is 21.7 Å². The van der Waals surface area contributed by atoms with E-state index in [1.54, 1.807) is 7.11 Å². The van der Waals surface area contributed by atoms with Crippen LogP contribution in [0.15, 0.2) is 24.3 Å². The van der Waals surface area contributed by atoms with Crippen LogP contribution in [0.2, 0.25) is 0 Å². The smallest absolute Gasteiger partial charge is 0.195 e. The third kappa shape index (κ3) is 2.75. The number of methoxy groups -OCH3 is 1. The maximum atomic E-state index is 5.48. The lowest BCUT2D eigenvalue weighted by molar-refractivity contribution is 0.257. The summed E-state index contributed by atoms with van der Waals surface area (Å²) in [5.74, 6) is 2.42. The standard InChI is InChI=1S/C16H21N3OS/c1-11-5-3-4-6-14(11)19-15(17-18-16(19)21)12-7-9-13(20-2)10-8-12/h7-11,14H,3-6H2,1-2H3,(H,18,21)/t11-,14+/m0/s1. The Morgan fingerprint density at radius 2 is 1.95 bits per heavy atom. The fourth-order valence-electron chi connectivity index (χ4n) is 3.24. The summed E-state index contributed by atoms with van der Waals surface area (Å²) in [6.45, 7) is 2.32. The van der Waals surface area contributed by atoms with E-state index in [0.717, 1.165) is 21.9 Å². The third-order valence-electron chi connectivity index (χ3n) is 4.45. The maximum Gasteiger partial charge on any atom is 0.195 e. The van der Waals surface area contributed by atoms with Crippen LogP contribution in [0, 0.1) is 10.7 Å². The van der Waals surface area contributed by atoms with Crippen molar-refractivity contribution < 1.29 is 4.74 Å². The summed E-state index contributed by atoms with van der Waals surface area (Å²) in [5.41, 5.74) is 1.07. The van der Waals surface area contributed by atoms with Gasteiger partial charge in [-0.25, -0.2) is 0 Å². The minimum Gasteiger partial charge on any atom is -0.497 e. The van der Waals surface area contributed by atoms with Crippen LogP contribution in [0.25, 0.3) is 11.4 Å². The second-order valence-corrected chi connectivity index (χ2v) is 6.17. The first-order valence-electron chi connectivity index (χ1n) is 7.52. The van der Waals surface area contributed by atoms with Gasteiger partial charge in [-0.15, -0.1) is 0 Å². The van der Waals surface area contributed by atoms with Crippen molar-refractivity contribution in [2.24, 2.45) is 5.92 Å². The zero-order valence-corrected chi connectivity index (χ0v) is 13.3. The maximum absolute atomic E-state index is 5.48. The lowest BCUT2D eigenvalue weighted by atomic mass is 9.85. The van der Waals surface area contributed by atoms with Crippen LogP contribution in [0.5, 0.6) is 5.75 Å². The van der Waals surface area contributed by atoms with E-state index in [9.17, 15) is 0 Å². The number of nitrogens with one attached hydrogen (secondary N) is 1. The number of nitrogens with zero attached hydrogens (tertiary/aromatic N) is 2. The Balaban J connectivity index is 2.01. The second kappa shape index (κ2) is 6.02. The lowest BCUT2D eigenvalue weighted by Gasteiger charge is -2.30. The minimum absolute atomic E-state index is 0.446. The Hall–Kier alpha value is -1.62. The average Bonchev–Trinajstić information content (AvgIpc) is 2.89. The number of hydrogen-bond acceptors (Lipinski definition) is 3. The number of aromatic nitrogens is 3. The van der Waals surface area contributed by atoms with E-state index in [-0.39, 0.29) is 0 Å². The summed E-state index contributed by atoms with van der Waals surface area (Å²) in [5, 5.41) is 7.42. The molecule has 2 atom stereocenters. The van der Waals surface area contributed by atoms with Gasteiger partial charge in [0.25, 0.3) is 0 Å². The Bertz CT molecular complexity index is 659. The van der Waals surface area contributed by atoms with E-state index < -0.39 is 0 Å². The monoisotopic (exact) mass is 303 g/mol. The fourth-order valence-corrected chi connectivity index (χ4v) is 3.50. The highest BCUT2D eigenvalue weighted by atomic mass is 32.1. The number of ether oxygens (including phenoxy) is 1. The molecule has 1 aromatic carbocycles. The predicted molar refractivity (Wildman–Crippen MR) is 86.1 cm³/mol. The van der Waals surface area contributed by atoms with Crippen LogP contribution in [-0.4, -0.2) is 21.9 Å². The molecule has 0 bridgehead atoms. The summed E-state index contributed by atoms with van der Waals surface area (Å²) in [6.07, 6.45) is 5.03. The average molecular weight is 303 g/mol. The van der Waals surface area contributed by atoms with Crippen molar-refractivity contribution >= 4 is 12.2 Å². The Morgan fingerprint density at radius 1 is 1.24 bits per heavy atom. The molecule has 5 heteroatoms. The molecule has 1 heterocycles. The highest BCUT2D eigenvalue weighted by Gasteiger charge is 2.26. The molecule has 1 fully saturated rings. The van der Waals surface area contributed by atoms with Gasteiger partial charge in [-0.2, -0.15) is 5.10 Å². The summed E-state index contributed by atoms with van der Waals surface area (Å²) in [7, 11) is 1.68. The molecule has 2 aromatic rings. The van der Waals surface area contributed by atoms with Crippen LogP contribution < -0.4 is 4.74 Å². The van der Waals surface area contributed by atoms with Crippen molar-refractivity contribution in [2.45, 2.75) is 38.6 Å². The van der Waals surface area contributed by atoms with Crippen molar-refractivity contribution in [3.05, 3.63) is 29.0 Å².